The fraction of sp³-hybridized carbons (Fsp3) is 0.447. The van der Waals surface area contributed by atoms with Crippen LogP contribution in [0, 0.1) is 26.9 Å². The summed E-state index contributed by atoms with van der Waals surface area (Å²) < 4.78 is 36.0. The van der Waals surface area contributed by atoms with Crippen LogP contribution >= 0.6 is 11.6 Å². The van der Waals surface area contributed by atoms with Crippen molar-refractivity contribution < 1.29 is 22.9 Å². The summed E-state index contributed by atoms with van der Waals surface area (Å²) >= 11 is 6.66. The molecule has 3 aliphatic carbocycles. The second kappa shape index (κ2) is 16.8. The third-order valence-electron chi connectivity index (χ3n) is 14.0. The summed E-state index contributed by atoms with van der Waals surface area (Å²) in [5.41, 5.74) is 4.69. The molecule has 0 radical (unpaired) electrons. The molecule has 326 valence electrons. The van der Waals surface area contributed by atoms with E-state index in [0.717, 1.165) is 86.9 Å². The van der Waals surface area contributed by atoms with Crippen LogP contribution in [0.15, 0.2) is 84.0 Å². The first-order chi connectivity index (χ1) is 29.7. The van der Waals surface area contributed by atoms with E-state index < -0.39 is 25.7 Å². The molecule has 3 N–H and O–H groups in total. The first-order valence-electron chi connectivity index (χ1n) is 21.9. The van der Waals surface area contributed by atoms with Crippen molar-refractivity contribution in [2.75, 3.05) is 42.9 Å². The monoisotopic (exact) mass is 879 g/mol. The minimum atomic E-state index is -4.55. The Morgan fingerprint density at radius 1 is 1.00 bits per heavy atom. The van der Waals surface area contributed by atoms with Gasteiger partial charge in [-0.25, -0.2) is 18.1 Å². The van der Waals surface area contributed by atoms with Crippen molar-refractivity contribution in [3.8, 4) is 11.5 Å². The summed E-state index contributed by atoms with van der Waals surface area (Å²) in [6.45, 7) is 8.33. The molecule has 3 heterocycles. The lowest BCUT2D eigenvalue weighted by Crippen LogP contribution is -2.47. The van der Waals surface area contributed by atoms with Gasteiger partial charge in [-0.05, 0) is 128 Å². The zero-order chi connectivity index (χ0) is 43.2. The maximum absolute atomic E-state index is 14.0. The lowest BCUT2D eigenvalue weighted by atomic mass is 9.52. The Balaban J connectivity index is 0.909. The van der Waals surface area contributed by atoms with Crippen molar-refractivity contribution in [2.45, 2.75) is 89.0 Å². The average molecular weight is 881 g/mol. The fourth-order valence-corrected chi connectivity index (χ4v) is 11.6. The SMILES string of the molecule is CC1(C)CCC2(CC1)CC(CNc1ccc(S(=O)(=O)NC(=O)c3ccc(N4CCN([C@@H]5CCCCc6c(Cl)cccc65)CC4)cc3Oc3cnc4[nH]ccc4c3)cc1[N+](=O)[O-])C2. The normalized spacial score (nSPS) is 20.2. The third kappa shape index (κ3) is 8.74. The maximum Gasteiger partial charge on any atom is 0.293 e. The number of nitro benzene ring substituents is 1. The van der Waals surface area contributed by atoms with E-state index in [9.17, 15) is 23.3 Å². The molecule has 0 unspecified atom stereocenters. The van der Waals surface area contributed by atoms with E-state index in [-0.39, 0.29) is 22.7 Å². The lowest BCUT2D eigenvalue weighted by Gasteiger charge is -2.53. The van der Waals surface area contributed by atoms with Crippen LogP contribution in [-0.2, 0) is 16.4 Å². The van der Waals surface area contributed by atoms with E-state index >= 15 is 0 Å². The largest absolute Gasteiger partial charge is 0.455 e. The highest BCUT2D eigenvalue weighted by Gasteiger charge is 2.47. The molecule has 3 fully saturated rings. The number of amides is 1. The molecular weight excluding hydrogens is 826 g/mol. The number of H-pyrrole nitrogens is 1. The number of sulfonamides is 1. The molecule has 9 rings (SSSR count). The fourth-order valence-electron chi connectivity index (χ4n) is 10.3. The molecule has 62 heavy (non-hydrogen) atoms. The molecule has 2 aromatic heterocycles. The number of aromatic amines is 1. The maximum atomic E-state index is 14.0. The molecule has 0 bridgehead atoms. The van der Waals surface area contributed by atoms with E-state index in [1.165, 1.54) is 55.1 Å². The minimum Gasteiger partial charge on any atom is -0.455 e. The highest BCUT2D eigenvalue weighted by atomic mass is 35.5. The Bertz CT molecular complexity index is 2610. The molecule has 5 aromatic rings. The molecule has 1 atom stereocenters. The average Bonchev–Trinajstić information content (AvgIpc) is 3.60. The van der Waals surface area contributed by atoms with Gasteiger partial charge in [0.2, 0.25) is 0 Å². The van der Waals surface area contributed by atoms with E-state index in [1.54, 1.807) is 30.5 Å². The summed E-state index contributed by atoms with van der Waals surface area (Å²) in [6, 6.07) is 19.0. The first kappa shape index (κ1) is 42.1. The number of anilines is 2. The van der Waals surface area contributed by atoms with Gasteiger partial charge in [0.15, 0.2) is 0 Å². The van der Waals surface area contributed by atoms with Crippen LogP contribution in [0.4, 0.5) is 17.1 Å². The number of pyridine rings is 1. The van der Waals surface area contributed by atoms with Crippen LogP contribution in [0.5, 0.6) is 11.5 Å². The summed E-state index contributed by atoms with van der Waals surface area (Å²) in [5.74, 6) is -0.0364. The predicted molar refractivity (Wildman–Crippen MR) is 242 cm³/mol. The Hall–Kier alpha value is -5.18. The van der Waals surface area contributed by atoms with Gasteiger partial charge in [0, 0.05) is 73.2 Å². The van der Waals surface area contributed by atoms with Crippen molar-refractivity contribution >= 4 is 55.6 Å². The van der Waals surface area contributed by atoms with E-state index in [4.69, 9.17) is 16.3 Å². The number of fused-ring (bicyclic) bond motifs is 2. The van der Waals surface area contributed by atoms with Crippen molar-refractivity contribution in [1.82, 2.24) is 19.6 Å². The summed E-state index contributed by atoms with van der Waals surface area (Å²) in [7, 11) is -4.55. The molecule has 3 aromatic carbocycles. The zero-order valence-electron chi connectivity index (χ0n) is 35.3. The molecule has 1 amide bonds. The molecular formula is C47H54ClN7O6S. The summed E-state index contributed by atoms with van der Waals surface area (Å²) in [5, 5.41) is 17.1. The number of piperazine rings is 1. The van der Waals surface area contributed by atoms with Gasteiger partial charge in [0.1, 0.15) is 22.8 Å². The molecule has 1 saturated heterocycles. The molecule has 1 aliphatic heterocycles. The number of ether oxygens (including phenoxy) is 1. The number of nitrogens with zero attached hydrogens (tertiary/aromatic N) is 4. The van der Waals surface area contributed by atoms with Gasteiger partial charge >= 0.3 is 0 Å². The van der Waals surface area contributed by atoms with Crippen LogP contribution in [0.3, 0.4) is 0 Å². The van der Waals surface area contributed by atoms with E-state index in [0.29, 0.717) is 40.7 Å². The number of hydrogen-bond acceptors (Lipinski definition) is 10. The number of nitrogens with one attached hydrogen (secondary N) is 3. The van der Waals surface area contributed by atoms with Crippen LogP contribution in [0.1, 0.15) is 99.2 Å². The number of carbonyl (C=O) groups is 1. The van der Waals surface area contributed by atoms with Gasteiger partial charge in [0.05, 0.1) is 21.6 Å². The summed E-state index contributed by atoms with van der Waals surface area (Å²) in [4.78, 5) is 37.5. The molecule has 1 spiro atoms. The van der Waals surface area contributed by atoms with Gasteiger partial charge in [-0.15, -0.1) is 0 Å². The Morgan fingerprint density at radius 3 is 2.56 bits per heavy atom. The van der Waals surface area contributed by atoms with Crippen molar-refractivity contribution in [3.05, 3.63) is 111 Å². The predicted octanol–water partition coefficient (Wildman–Crippen LogP) is 10.0. The van der Waals surface area contributed by atoms with Gasteiger partial charge in [0.25, 0.3) is 21.6 Å². The molecule has 2 saturated carbocycles. The van der Waals surface area contributed by atoms with Gasteiger partial charge in [-0.2, -0.15) is 0 Å². The quantitative estimate of drug-likeness (QED) is 0.0661. The number of halogens is 1. The van der Waals surface area contributed by atoms with Crippen LogP contribution in [-0.4, -0.2) is 66.8 Å². The third-order valence-corrected chi connectivity index (χ3v) is 15.7. The van der Waals surface area contributed by atoms with Crippen molar-refractivity contribution in [3.63, 3.8) is 0 Å². The Kier molecular flexibility index (Phi) is 11.4. The first-order valence-corrected chi connectivity index (χ1v) is 23.7. The standard InChI is InChI=1S/C47H54ClN7O6S/c1-46(2)15-17-47(18-16-46)27-31(28-47)29-50-40-13-11-35(26-42(40)55(57)58)62(59,60)52-45(56)38-12-10-33(25-43(38)61-34-24-32-14-19-49-44(32)51-30-34)53-20-22-54(23-21-53)41-9-4-3-6-36-37(41)7-5-8-39(36)48/h5,7-8,10-14,19,24-26,30-31,41,50H,3-4,6,9,15-18,20-23,27-29H2,1-2H3,(H,49,51)(H,52,56)/t41-/m1/s1. The van der Waals surface area contributed by atoms with Crippen LogP contribution in [0.2, 0.25) is 5.02 Å². The van der Waals surface area contributed by atoms with Gasteiger partial charge < -0.3 is 19.9 Å². The number of rotatable bonds is 11. The molecule has 15 heteroatoms. The van der Waals surface area contributed by atoms with Crippen molar-refractivity contribution in [2.24, 2.45) is 16.7 Å². The number of nitro groups is 1. The highest BCUT2D eigenvalue weighted by molar-refractivity contribution is 7.90. The number of benzene rings is 3. The Morgan fingerprint density at radius 2 is 1.79 bits per heavy atom. The van der Waals surface area contributed by atoms with E-state index in [2.05, 4.69) is 49.7 Å². The Labute approximate surface area is 367 Å². The van der Waals surface area contributed by atoms with E-state index in [1.807, 2.05) is 18.2 Å². The van der Waals surface area contributed by atoms with Gasteiger partial charge in [-0.3, -0.25) is 19.8 Å². The number of carbonyl (C=O) groups excluding carboxylic acids is 1. The minimum absolute atomic E-state index is 0.0235. The smallest absolute Gasteiger partial charge is 0.293 e. The highest BCUT2D eigenvalue weighted by Crippen LogP contribution is 2.58. The van der Waals surface area contributed by atoms with Crippen molar-refractivity contribution in [1.29, 1.82) is 0 Å². The van der Waals surface area contributed by atoms with Crippen LogP contribution in [0.25, 0.3) is 11.0 Å². The molecule has 13 nitrogen and oxygen atoms in total. The van der Waals surface area contributed by atoms with Gasteiger partial charge in [-0.1, -0.05) is 44.0 Å². The number of aromatic nitrogens is 2. The topological polar surface area (TPSA) is 163 Å². The number of hydrogen-bond donors (Lipinski definition) is 3. The molecule has 4 aliphatic rings. The second-order valence-electron chi connectivity index (χ2n) is 18.7. The second-order valence-corrected chi connectivity index (χ2v) is 20.7. The lowest BCUT2D eigenvalue weighted by molar-refractivity contribution is -0.384. The summed E-state index contributed by atoms with van der Waals surface area (Å²) in [6.07, 6.45) is 14.7. The van der Waals surface area contributed by atoms with Crippen LogP contribution < -0.4 is 19.7 Å². The zero-order valence-corrected chi connectivity index (χ0v) is 36.9.